The highest BCUT2D eigenvalue weighted by molar-refractivity contribution is 6.42. The van der Waals surface area contributed by atoms with Crippen LogP contribution in [0.15, 0.2) is 48.5 Å². The number of rotatable bonds is 9. The maximum Gasteiger partial charge on any atom is 0.418 e. The van der Waals surface area contributed by atoms with Gasteiger partial charge in [-0.2, -0.15) is 18.3 Å². The van der Waals surface area contributed by atoms with Gasteiger partial charge in [-0.3, -0.25) is 4.79 Å². The Labute approximate surface area is 241 Å². The number of hydrogen-bond donors (Lipinski definition) is 2. The van der Waals surface area contributed by atoms with Crippen molar-refractivity contribution in [3.63, 3.8) is 0 Å². The van der Waals surface area contributed by atoms with Crippen LogP contribution in [0.2, 0.25) is 10.0 Å². The van der Waals surface area contributed by atoms with Crippen LogP contribution in [0.5, 0.6) is 0 Å². The van der Waals surface area contributed by atoms with Crippen molar-refractivity contribution in [3.8, 4) is 5.69 Å². The quantitative estimate of drug-likeness (QED) is 0.244. The number of halogens is 5. The van der Waals surface area contributed by atoms with E-state index < -0.39 is 23.7 Å². The van der Waals surface area contributed by atoms with Crippen LogP contribution in [0.1, 0.15) is 58.2 Å². The van der Waals surface area contributed by atoms with Crippen LogP contribution in [-0.2, 0) is 16.4 Å². The molecule has 0 saturated heterocycles. The zero-order chi connectivity index (χ0) is 29.7. The molecule has 2 N–H and O–H groups in total. The highest BCUT2D eigenvalue weighted by atomic mass is 35.5. The van der Waals surface area contributed by atoms with Crippen molar-refractivity contribution in [1.82, 2.24) is 14.7 Å². The van der Waals surface area contributed by atoms with Crippen molar-refractivity contribution in [2.45, 2.75) is 58.5 Å². The molecule has 0 radical (unpaired) electrons. The van der Waals surface area contributed by atoms with E-state index in [1.54, 1.807) is 24.3 Å². The summed E-state index contributed by atoms with van der Waals surface area (Å²) in [4.78, 5) is 27.5. The third-order valence-electron chi connectivity index (χ3n) is 6.02. The van der Waals surface area contributed by atoms with Gasteiger partial charge >= 0.3 is 12.2 Å². The fourth-order valence-electron chi connectivity index (χ4n) is 3.84. The summed E-state index contributed by atoms with van der Waals surface area (Å²) in [6, 6.07) is 10.5. The molecule has 0 atom stereocenters. The van der Waals surface area contributed by atoms with Gasteiger partial charge in [0, 0.05) is 18.0 Å². The van der Waals surface area contributed by atoms with Gasteiger partial charge < -0.3 is 15.5 Å². The molecule has 0 saturated carbocycles. The minimum atomic E-state index is -4.65. The molecule has 3 amide bonds. The van der Waals surface area contributed by atoms with Crippen LogP contribution in [0, 0.1) is 0 Å². The van der Waals surface area contributed by atoms with Gasteiger partial charge in [0.25, 0.3) is 0 Å². The molecule has 2 aromatic carbocycles. The van der Waals surface area contributed by atoms with Gasteiger partial charge in [0.1, 0.15) is 12.4 Å². The number of unbranched alkanes of at least 4 members (excludes halogenated alkanes) is 2. The van der Waals surface area contributed by atoms with Gasteiger partial charge in [0.2, 0.25) is 5.91 Å². The Balaban J connectivity index is 1.86. The molecule has 0 aliphatic rings. The Kier molecular flexibility index (Phi) is 10.1. The number of anilines is 2. The van der Waals surface area contributed by atoms with E-state index in [1.165, 1.54) is 27.8 Å². The van der Waals surface area contributed by atoms with Gasteiger partial charge in [0.05, 0.1) is 32.7 Å². The average molecular weight is 598 g/mol. The predicted molar refractivity (Wildman–Crippen MR) is 152 cm³/mol. The molecule has 1 heterocycles. The smallest absolute Gasteiger partial charge is 0.315 e. The normalized spacial score (nSPS) is 11.8. The minimum Gasteiger partial charge on any atom is -0.315 e. The molecule has 0 fully saturated rings. The van der Waals surface area contributed by atoms with E-state index in [2.05, 4.69) is 15.7 Å². The van der Waals surface area contributed by atoms with Crippen molar-refractivity contribution < 1.29 is 22.8 Å². The van der Waals surface area contributed by atoms with Crippen molar-refractivity contribution in [2.24, 2.45) is 0 Å². The third kappa shape index (κ3) is 8.14. The maximum atomic E-state index is 13.5. The Morgan fingerprint density at radius 3 is 2.30 bits per heavy atom. The first kappa shape index (κ1) is 31.3. The fourth-order valence-corrected chi connectivity index (χ4v) is 4.14. The summed E-state index contributed by atoms with van der Waals surface area (Å²) in [6.07, 6.45) is -2.43. The number of nitrogens with zero attached hydrogens (tertiary/aromatic N) is 3. The van der Waals surface area contributed by atoms with Crippen LogP contribution in [0.4, 0.5) is 29.5 Å². The standard InChI is InChI=1S/C28H32Cl2F3N5O2/c1-5-6-9-14-37(26(40)34-22-11-8-7-10-19(22)28(31,32)33)17-25(39)35-24-16-23(27(2,3)4)36-38(24)18-12-13-20(29)21(30)15-18/h7-8,10-13,15-16H,5-6,9,14,17H2,1-4H3,(H,34,40)(H,35,39). The molecule has 216 valence electrons. The molecule has 12 heteroatoms. The molecule has 3 aromatic rings. The first-order valence-corrected chi connectivity index (χ1v) is 13.5. The van der Waals surface area contributed by atoms with Crippen molar-refractivity contribution in [2.75, 3.05) is 23.7 Å². The molecule has 0 bridgehead atoms. The summed E-state index contributed by atoms with van der Waals surface area (Å²) in [7, 11) is 0. The molecule has 0 aliphatic carbocycles. The van der Waals surface area contributed by atoms with E-state index in [9.17, 15) is 22.8 Å². The Morgan fingerprint density at radius 2 is 1.68 bits per heavy atom. The summed E-state index contributed by atoms with van der Waals surface area (Å²) >= 11 is 12.3. The van der Waals surface area contributed by atoms with Crippen LogP contribution in [-0.4, -0.2) is 39.7 Å². The lowest BCUT2D eigenvalue weighted by atomic mass is 9.92. The second kappa shape index (κ2) is 13.0. The fraction of sp³-hybridized carbons (Fsp3) is 0.393. The summed E-state index contributed by atoms with van der Waals surface area (Å²) in [5, 5.41) is 10.4. The lowest BCUT2D eigenvalue weighted by Crippen LogP contribution is -2.41. The van der Waals surface area contributed by atoms with E-state index >= 15 is 0 Å². The number of urea groups is 1. The molecular weight excluding hydrogens is 566 g/mol. The van der Waals surface area contributed by atoms with E-state index in [1.807, 2.05) is 27.7 Å². The topological polar surface area (TPSA) is 79.3 Å². The number of para-hydroxylation sites is 1. The highest BCUT2D eigenvalue weighted by Crippen LogP contribution is 2.35. The molecule has 0 unspecified atom stereocenters. The van der Waals surface area contributed by atoms with Crippen molar-refractivity contribution in [3.05, 3.63) is 69.8 Å². The number of benzene rings is 2. The lowest BCUT2D eigenvalue weighted by molar-refractivity contribution is -0.137. The zero-order valence-corrected chi connectivity index (χ0v) is 24.2. The van der Waals surface area contributed by atoms with Gasteiger partial charge in [-0.25, -0.2) is 9.48 Å². The maximum absolute atomic E-state index is 13.5. The number of amides is 3. The van der Waals surface area contributed by atoms with Gasteiger partial charge in [-0.1, -0.05) is 75.9 Å². The first-order valence-electron chi connectivity index (χ1n) is 12.8. The number of carbonyl (C=O) groups excluding carboxylic acids is 2. The largest absolute Gasteiger partial charge is 0.418 e. The number of hydrogen-bond acceptors (Lipinski definition) is 3. The second-order valence-electron chi connectivity index (χ2n) is 10.3. The molecule has 7 nitrogen and oxygen atoms in total. The van der Waals surface area contributed by atoms with E-state index in [-0.39, 0.29) is 24.2 Å². The molecule has 40 heavy (non-hydrogen) atoms. The summed E-state index contributed by atoms with van der Waals surface area (Å²) in [6.45, 7) is 7.69. The Morgan fingerprint density at radius 1 is 0.975 bits per heavy atom. The van der Waals surface area contributed by atoms with Gasteiger partial charge in [-0.05, 0) is 36.8 Å². The SMILES string of the molecule is CCCCCN(CC(=O)Nc1cc(C(C)(C)C)nn1-c1ccc(Cl)c(Cl)c1)C(=O)Nc1ccccc1C(F)(F)F. The zero-order valence-electron chi connectivity index (χ0n) is 22.7. The third-order valence-corrected chi connectivity index (χ3v) is 6.76. The van der Waals surface area contributed by atoms with Crippen LogP contribution < -0.4 is 10.6 Å². The second-order valence-corrected chi connectivity index (χ2v) is 11.1. The summed E-state index contributed by atoms with van der Waals surface area (Å²) in [5.41, 5.74) is -0.453. The van der Waals surface area contributed by atoms with E-state index in [4.69, 9.17) is 23.2 Å². The van der Waals surface area contributed by atoms with E-state index in [0.717, 1.165) is 18.9 Å². The Hall–Kier alpha value is -3.24. The minimum absolute atomic E-state index is 0.181. The predicted octanol–water partition coefficient (Wildman–Crippen LogP) is 8.16. The number of carbonyl (C=O) groups is 2. The molecule has 3 rings (SSSR count). The van der Waals surface area contributed by atoms with Gasteiger partial charge in [-0.15, -0.1) is 0 Å². The molecule has 1 aromatic heterocycles. The molecular formula is C28H32Cl2F3N5O2. The highest BCUT2D eigenvalue weighted by Gasteiger charge is 2.34. The van der Waals surface area contributed by atoms with Crippen molar-refractivity contribution in [1.29, 1.82) is 0 Å². The summed E-state index contributed by atoms with van der Waals surface area (Å²) < 4.78 is 41.9. The van der Waals surface area contributed by atoms with Gasteiger partial charge in [0.15, 0.2) is 0 Å². The number of nitrogens with one attached hydrogen (secondary N) is 2. The number of alkyl halides is 3. The number of aromatic nitrogens is 2. The monoisotopic (exact) mass is 597 g/mol. The molecule has 0 aliphatic heterocycles. The van der Waals surface area contributed by atoms with Crippen LogP contribution in [0.25, 0.3) is 5.69 Å². The van der Waals surface area contributed by atoms with Crippen LogP contribution in [0.3, 0.4) is 0 Å². The average Bonchev–Trinajstić information content (AvgIpc) is 3.29. The van der Waals surface area contributed by atoms with E-state index in [0.29, 0.717) is 33.7 Å². The van der Waals surface area contributed by atoms with Crippen molar-refractivity contribution >= 4 is 46.6 Å². The van der Waals surface area contributed by atoms with Crippen LogP contribution >= 0.6 is 23.2 Å². The summed E-state index contributed by atoms with van der Waals surface area (Å²) in [5.74, 6) is -0.206. The first-order chi connectivity index (χ1) is 18.7. The lowest BCUT2D eigenvalue weighted by Gasteiger charge is -2.24. The Bertz CT molecular complexity index is 1350. The molecule has 0 spiro atoms.